The number of carbonyl (C=O) groups is 2. The predicted molar refractivity (Wildman–Crippen MR) is 65.1 cm³/mol. The summed E-state index contributed by atoms with van der Waals surface area (Å²) >= 11 is 0. The Kier molecular flexibility index (Phi) is 3.17. The number of imide groups is 1. The maximum atomic E-state index is 12.1. The quantitative estimate of drug-likeness (QED) is 0.744. The van der Waals surface area contributed by atoms with Crippen LogP contribution in [0.4, 0.5) is 4.79 Å². The van der Waals surface area contributed by atoms with Crippen molar-refractivity contribution in [3.63, 3.8) is 0 Å². The van der Waals surface area contributed by atoms with Gasteiger partial charge in [-0.2, -0.15) is 4.99 Å². The number of nitrogens with zero attached hydrogens (tertiary/aromatic N) is 3. The molecule has 0 aliphatic carbocycles. The zero-order valence-electron chi connectivity index (χ0n) is 9.96. The highest BCUT2D eigenvalue weighted by molar-refractivity contribution is 6.19. The van der Waals surface area contributed by atoms with Crippen LogP contribution in [0.2, 0.25) is 0 Å². The minimum absolute atomic E-state index is 0.214. The first-order valence-corrected chi connectivity index (χ1v) is 5.74. The average Bonchev–Trinajstić information content (AvgIpc) is 2.28. The Bertz CT molecular complexity index is 435. The Balaban J connectivity index is 2.17. The van der Waals surface area contributed by atoms with E-state index in [-0.39, 0.29) is 5.91 Å². The fraction of sp³-hybridized carbons (Fsp3) is 0.500. The van der Waals surface area contributed by atoms with Crippen LogP contribution >= 0.6 is 0 Å². The van der Waals surface area contributed by atoms with Crippen LogP contribution in [-0.4, -0.2) is 35.4 Å². The summed E-state index contributed by atoms with van der Waals surface area (Å²) in [5.41, 5.74) is 0. The van der Waals surface area contributed by atoms with Gasteiger partial charge in [0.15, 0.2) is 0 Å². The van der Waals surface area contributed by atoms with Crippen molar-refractivity contribution in [3.8, 4) is 0 Å². The minimum atomic E-state index is -0.491. The molecular weight excluding hydrogens is 218 g/mol. The smallest absolute Gasteiger partial charge is 0.273 e. The van der Waals surface area contributed by atoms with Gasteiger partial charge in [-0.3, -0.25) is 9.69 Å². The van der Waals surface area contributed by atoms with Crippen LogP contribution in [0.5, 0.6) is 0 Å². The number of urea groups is 1. The van der Waals surface area contributed by atoms with Crippen molar-refractivity contribution in [2.45, 2.75) is 20.3 Å². The minimum Gasteiger partial charge on any atom is -0.273 e. The zero-order chi connectivity index (χ0) is 12.4. The number of hydrogen-bond donors (Lipinski definition) is 0. The standard InChI is InChI=1S/C12H15N3O2/c1-8(2)5-7-15-11(16)9-4-3-6-13-10(9)14-12(15)17/h3-4,6,8-9H,5,7H2,1-2H3. The molecule has 0 fully saturated rings. The van der Waals surface area contributed by atoms with Gasteiger partial charge in [0.2, 0.25) is 5.91 Å². The van der Waals surface area contributed by atoms with Gasteiger partial charge in [-0.25, -0.2) is 9.79 Å². The third-order valence-electron chi connectivity index (χ3n) is 2.78. The van der Waals surface area contributed by atoms with Gasteiger partial charge in [0.1, 0.15) is 11.8 Å². The van der Waals surface area contributed by atoms with Gasteiger partial charge < -0.3 is 0 Å². The summed E-state index contributed by atoms with van der Waals surface area (Å²) in [6.07, 6.45) is 5.77. The Labute approximate surface area is 99.9 Å². The molecule has 2 heterocycles. The number of allylic oxidation sites excluding steroid dienone is 1. The van der Waals surface area contributed by atoms with Gasteiger partial charge in [0.05, 0.1) is 0 Å². The predicted octanol–water partition coefficient (Wildman–Crippen LogP) is 1.65. The lowest BCUT2D eigenvalue weighted by Gasteiger charge is -2.27. The van der Waals surface area contributed by atoms with E-state index in [1.165, 1.54) is 4.90 Å². The van der Waals surface area contributed by atoms with Crippen molar-refractivity contribution in [2.75, 3.05) is 6.54 Å². The number of amidine groups is 1. The Hall–Kier alpha value is -1.78. The van der Waals surface area contributed by atoms with Gasteiger partial charge in [-0.05, 0) is 18.4 Å². The number of aliphatic imine (C=N–C) groups is 2. The molecule has 5 heteroatoms. The topological polar surface area (TPSA) is 62.1 Å². The number of dihydropyridines is 1. The molecule has 2 aliphatic heterocycles. The molecule has 0 saturated heterocycles. The Morgan fingerprint density at radius 3 is 2.88 bits per heavy atom. The summed E-state index contributed by atoms with van der Waals surface area (Å²) in [6, 6.07) is -0.491. The van der Waals surface area contributed by atoms with Crippen LogP contribution in [0.1, 0.15) is 20.3 Å². The molecule has 3 amide bonds. The molecule has 0 bridgehead atoms. The van der Waals surface area contributed by atoms with Crippen molar-refractivity contribution in [1.29, 1.82) is 0 Å². The molecule has 0 aromatic rings. The van der Waals surface area contributed by atoms with Crippen LogP contribution < -0.4 is 0 Å². The second-order valence-electron chi connectivity index (χ2n) is 4.57. The van der Waals surface area contributed by atoms with E-state index >= 15 is 0 Å². The lowest BCUT2D eigenvalue weighted by atomic mass is 10.0. The van der Waals surface area contributed by atoms with E-state index in [9.17, 15) is 9.59 Å². The molecule has 1 atom stereocenters. The number of hydrogen-bond acceptors (Lipinski definition) is 3. The summed E-state index contributed by atoms with van der Waals surface area (Å²) < 4.78 is 0. The lowest BCUT2D eigenvalue weighted by molar-refractivity contribution is -0.129. The maximum Gasteiger partial charge on any atom is 0.352 e. The summed E-state index contributed by atoms with van der Waals surface area (Å²) in [5, 5.41) is 0. The Morgan fingerprint density at radius 1 is 1.41 bits per heavy atom. The summed E-state index contributed by atoms with van der Waals surface area (Å²) in [7, 11) is 0. The van der Waals surface area contributed by atoms with E-state index in [1.807, 2.05) is 0 Å². The zero-order valence-corrected chi connectivity index (χ0v) is 9.96. The third kappa shape index (κ3) is 2.33. The van der Waals surface area contributed by atoms with Crippen LogP contribution in [0.25, 0.3) is 0 Å². The highest BCUT2D eigenvalue weighted by Gasteiger charge is 2.36. The van der Waals surface area contributed by atoms with Crippen LogP contribution in [0, 0.1) is 11.8 Å². The van der Waals surface area contributed by atoms with E-state index in [2.05, 4.69) is 23.8 Å². The molecule has 0 spiro atoms. The van der Waals surface area contributed by atoms with Gasteiger partial charge in [-0.15, -0.1) is 0 Å². The number of amides is 3. The first kappa shape index (κ1) is 11.7. The van der Waals surface area contributed by atoms with Crippen LogP contribution in [-0.2, 0) is 4.79 Å². The van der Waals surface area contributed by atoms with E-state index in [4.69, 9.17) is 0 Å². The molecule has 0 radical (unpaired) electrons. The second kappa shape index (κ2) is 4.61. The van der Waals surface area contributed by atoms with Crippen molar-refractivity contribution in [1.82, 2.24) is 4.90 Å². The fourth-order valence-electron chi connectivity index (χ4n) is 1.75. The van der Waals surface area contributed by atoms with Gasteiger partial charge in [0.25, 0.3) is 0 Å². The maximum absolute atomic E-state index is 12.1. The van der Waals surface area contributed by atoms with Crippen molar-refractivity contribution >= 4 is 24.0 Å². The molecule has 2 rings (SSSR count). The van der Waals surface area contributed by atoms with E-state index in [0.717, 1.165) is 6.42 Å². The lowest BCUT2D eigenvalue weighted by Crippen LogP contribution is -2.46. The van der Waals surface area contributed by atoms with E-state index < -0.39 is 11.9 Å². The summed E-state index contributed by atoms with van der Waals surface area (Å²) in [6.45, 7) is 4.54. The summed E-state index contributed by atoms with van der Waals surface area (Å²) in [5.74, 6) is 0.0582. The first-order chi connectivity index (χ1) is 8.09. The first-order valence-electron chi connectivity index (χ1n) is 5.74. The molecule has 90 valence electrons. The van der Waals surface area contributed by atoms with Crippen molar-refractivity contribution in [3.05, 3.63) is 12.2 Å². The molecule has 0 N–H and O–H groups in total. The average molecular weight is 233 g/mol. The molecule has 17 heavy (non-hydrogen) atoms. The highest BCUT2D eigenvalue weighted by atomic mass is 16.2. The number of carbonyl (C=O) groups excluding carboxylic acids is 2. The fourth-order valence-corrected chi connectivity index (χ4v) is 1.75. The third-order valence-corrected chi connectivity index (χ3v) is 2.78. The second-order valence-corrected chi connectivity index (χ2v) is 4.57. The van der Waals surface area contributed by atoms with Crippen LogP contribution in [0.15, 0.2) is 22.1 Å². The van der Waals surface area contributed by atoms with E-state index in [1.54, 1.807) is 18.4 Å². The van der Waals surface area contributed by atoms with Crippen LogP contribution in [0.3, 0.4) is 0 Å². The Morgan fingerprint density at radius 2 is 2.18 bits per heavy atom. The molecule has 0 aromatic heterocycles. The van der Waals surface area contributed by atoms with E-state index in [0.29, 0.717) is 18.3 Å². The molecular formula is C12H15N3O2. The summed E-state index contributed by atoms with van der Waals surface area (Å²) in [4.78, 5) is 32.8. The molecule has 0 aromatic carbocycles. The normalized spacial score (nSPS) is 23.1. The van der Waals surface area contributed by atoms with Crippen molar-refractivity contribution < 1.29 is 9.59 Å². The molecule has 1 unspecified atom stereocenters. The molecule has 2 aliphatic rings. The van der Waals surface area contributed by atoms with Gasteiger partial charge >= 0.3 is 6.03 Å². The van der Waals surface area contributed by atoms with Gasteiger partial charge in [-0.1, -0.05) is 19.9 Å². The van der Waals surface area contributed by atoms with Gasteiger partial charge in [0, 0.05) is 12.8 Å². The highest BCUT2D eigenvalue weighted by Crippen LogP contribution is 2.19. The van der Waals surface area contributed by atoms with Crippen molar-refractivity contribution in [2.24, 2.45) is 21.8 Å². The number of fused-ring (bicyclic) bond motifs is 1. The largest absolute Gasteiger partial charge is 0.352 e. The molecule has 0 saturated carbocycles. The number of rotatable bonds is 3. The monoisotopic (exact) mass is 233 g/mol. The molecule has 5 nitrogen and oxygen atoms in total. The SMILES string of the molecule is CC(C)CCN1C(=O)N=C2N=CC=CC2C1=O.